The van der Waals surface area contributed by atoms with E-state index >= 15 is 0 Å². The van der Waals surface area contributed by atoms with Crippen molar-refractivity contribution in [1.29, 1.82) is 0 Å². The molecule has 4 rings (SSSR count). The molecule has 2 nitrogen and oxygen atoms in total. The summed E-state index contributed by atoms with van der Waals surface area (Å²) in [6, 6.07) is 17.9. The molecule has 0 aromatic heterocycles. The molecule has 0 bridgehead atoms. The summed E-state index contributed by atoms with van der Waals surface area (Å²) in [5.41, 5.74) is 23.8. The number of nitrogens with zero attached hydrogens (tertiary/aromatic N) is 2. The molecule has 0 atom stereocenters. The molecule has 0 fully saturated rings. The zero-order chi connectivity index (χ0) is 32.6. The SMILES string of the molecule is Cc1c(C)c(C)c(C(=CC=C(c2ccc(N(C)C)cc2)c2ccc(N(C)C)cc2)c2c(C)c(C)c(C)c(C)c2C)c(C)c1C. The van der Waals surface area contributed by atoms with Gasteiger partial charge >= 0.3 is 0 Å². The van der Waals surface area contributed by atoms with Gasteiger partial charge in [-0.15, -0.1) is 0 Å². The van der Waals surface area contributed by atoms with Crippen molar-refractivity contribution in [3.8, 4) is 0 Å². The molecule has 4 aromatic carbocycles. The van der Waals surface area contributed by atoms with Crippen LogP contribution >= 0.6 is 0 Å². The van der Waals surface area contributed by atoms with Gasteiger partial charge in [-0.1, -0.05) is 36.4 Å². The van der Waals surface area contributed by atoms with Crippen LogP contribution in [0.2, 0.25) is 0 Å². The third kappa shape index (κ3) is 6.00. The molecule has 0 heterocycles. The second kappa shape index (κ2) is 12.9. The van der Waals surface area contributed by atoms with E-state index in [-0.39, 0.29) is 0 Å². The van der Waals surface area contributed by atoms with E-state index in [9.17, 15) is 0 Å². The second-order valence-corrected chi connectivity index (χ2v) is 13.0. The minimum absolute atomic E-state index is 1.20. The van der Waals surface area contributed by atoms with Gasteiger partial charge in [0.05, 0.1) is 0 Å². The van der Waals surface area contributed by atoms with Gasteiger partial charge < -0.3 is 9.80 Å². The van der Waals surface area contributed by atoms with Crippen molar-refractivity contribution in [3.63, 3.8) is 0 Å². The summed E-state index contributed by atoms with van der Waals surface area (Å²) in [6.07, 6.45) is 4.76. The third-order valence-corrected chi connectivity index (χ3v) is 10.3. The van der Waals surface area contributed by atoms with Crippen LogP contribution in [0.25, 0.3) is 11.1 Å². The van der Waals surface area contributed by atoms with Crippen LogP contribution in [0.1, 0.15) is 77.9 Å². The molecule has 0 aliphatic heterocycles. The molecule has 0 spiro atoms. The quantitative estimate of drug-likeness (QED) is 0.199. The number of hydrogen-bond acceptors (Lipinski definition) is 2. The number of allylic oxidation sites excluding steroid dienone is 2. The molecule has 230 valence electrons. The summed E-state index contributed by atoms with van der Waals surface area (Å²) in [5, 5.41) is 0. The lowest BCUT2D eigenvalue weighted by molar-refractivity contribution is 1.13. The van der Waals surface area contributed by atoms with E-state index in [0.29, 0.717) is 0 Å². The van der Waals surface area contributed by atoms with Gasteiger partial charge in [0.15, 0.2) is 0 Å². The van der Waals surface area contributed by atoms with Gasteiger partial charge in [-0.3, -0.25) is 0 Å². The van der Waals surface area contributed by atoms with Crippen LogP contribution in [0.3, 0.4) is 0 Å². The molecule has 2 heteroatoms. The first-order chi connectivity index (χ1) is 20.7. The Morgan fingerprint density at radius 1 is 0.364 bits per heavy atom. The summed E-state index contributed by atoms with van der Waals surface area (Å²) in [7, 11) is 8.36. The highest BCUT2D eigenvalue weighted by atomic mass is 15.1. The van der Waals surface area contributed by atoms with Gasteiger partial charge in [-0.2, -0.15) is 0 Å². The molecule has 0 saturated carbocycles. The van der Waals surface area contributed by atoms with Crippen LogP contribution in [-0.2, 0) is 0 Å². The smallest absolute Gasteiger partial charge is 0.0361 e. The number of hydrogen-bond donors (Lipinski definition) is 0. The minimum atomic E-state index is 1.20. The first kappa shape index (κ1) is 32.9. The Morgan fingerprint density at radius 2 is 0.614 bits per heavy atom. The third-order valence-electron chi connectivity index (χ3n) is 10.3. The van der Waals surface area contributed by atoms with E-state index in [4.69, 9.17) is 0 Å². The highest BCUT2D eigenvalue weighted by Crippen LogP contribution is 2.40. The van der Waals surface area contributed by atoms with Crippen LogP contribution in [0.4, 0.5) is 11.4 Å². The second-order valence-electron chi connectivity index (χ2n) is 13.0. The summed E-state index contributed by atoms with van der Waals surface area (Å²) in [5.74, 6) is 0. The molecule has 0 N–H and O–H groups in total. The fraction of sp³-hybridized carbons (Fsp3) is 0.333. The van der Waals surface area contributed by atoms with Crippen molar-refractivity contribution in [3.05, 3.63) is 139 Å². The fourth-order valence-corrected chi connectivity index (χ4v) is 6.50. The largest absolute Gasteiger partial charge is 0.378 e. The topological polar surface area (TPSA) is 6.48 Å². The Kier molecular flexibility index (Phi) is 9.64. The fourth-order valence-electron chi connectivity index (χ4n) is 6.50. The molecule has 0 saturated heterocycles. The van der Waals surface area contributed by atoms with Crippen LogP contribution in [-0.4, -0.2) is 28.2 Å². The number of rotatable bonds is 7. The monoisotopic (exact) mass is 584 g/mol. The molecule has 44 heavy (non-hydrogen) atoms. The van der Waals surface area contributed by atoms with E-state index in [2.05, 4.69) is 168 Å². The Balaban J connectivity index is 2.12. The molecule has 4 aromatic rings. The molecule has 0 radical (unpaired) electrons. The van der Waals surface area contributed by atoms with Gasteiger partial charge in [0, 0.05) is 39.6 Å². The van der Waals surface area contributed by atoms with E-state index < -0.39 is 0 Å². The number of anilines is 2. The zero-order valence-corrected chi connectivity index (χ0v) is 29.7. The molecule has 0 aliphatic carbocycles. The van der Waals surface area contributed by atoms with Crippen LogP contribution in [0, 0.1) is 69.2 Å². The van der Waals surface area contributed by atoms with Crippen molar-refractivity contribution in [2.45, 2.75) is 69.2 Å². The van der Waals surface area contributed by atoms with Gasteiger partial charge in [0.25, 0.3) is 0 Å². The van der Waals surface area contributed by atoms with Crippen molar-refractivity contribution < 1.29 is 0 Å². The molecule has 0 aliphatic rings. The Bertz CT molecular complexity index is 1580. The predicted octanol–water partition coefficient (Wildman–Crippen LogP) is 10.5. The van der Waals surface area contributed by atoms with Gasteiger partial charge in [-0.25, -0.2) is 0 Å². The van der Waals surface area contributed by atoms with E-state index in [1.165, 1.54) is 100 Å². The van der Waals surface area contributed by atoms with Crippen molar-refractivity contribution in [2.75, 3.05) is 38.0 Å². The lowest BCUT2D eigenvalue weighted by Gasteiger charge is -2.26. The first-order valence-corrected chi connectivity index (χ1v) is 15.8. The van der Waals surface area contributed by atoms with E-state index in [1.54, 1.807) is 0 Å². The average molecular weight is 585 g/mol. The summed E-state index contributed by atoms with van der Waals surface area (Å²) < 4.78 is 0. The summed E-state index contributed by atoms with van der Waals surface area (Å²) >= 11 is 0. The van der Waals surface area contributed by atoms with Gasteiger partial charge in [0.2, 0.25) is 0 Å². The maximum atomic E-state index is 2.40. The first-order valence-electron chi connectivity index (χ1n) is 15.8. The normalized spacial score (nSPS) is 11.0. The highest BCUT2D eigenvalue weighted by Gasteiger charge is 2.22. The van der Waals surface area contributed by atoms with E-state index in [0.717, 1.165) is 0 Å². The molecular formula is C42H52N2. The average Bonchev–Trinajstić information content (AvgIpc) is 3.01. The molecule has 0 amide bonds. The minimum Gasteiger partial charge on any atom is -0.378 e. The van der Waals surface area contributed by atoms with Crippen molar-refractivity contribution in [1.82, 2.24) is 0 Å². The standard InChI is InChI=1S/C42H52N2/c1-25-27(3)31(7)41(32(8)28(25)4)40(42-33(9)29(5)26(2)30(6)34(42)10)24-23-39(35-15-19-37(20-16-35)43(11)12)36-17-21-38(22-18-36)44(13)14/h15-24H,1-14H3. The molecule has 0 unspecified atom stereocenters. The summed E-state index contributed by atoms with van der Waals surface area (Å²) in [6.45, 7) is 22.9. The van der Waals surface area contributed by atoms with Crippen LogP contribution in [0.5, 0.6) is 0 Å². The lowest BCUT2D eigenvalue weighted by Crippen LogP contribution is -2.08. The van der Waals surface area contributed by atoms with Crippen molar-refractivity contribution in [2.24, 2.45) is 0 Å². The Labute approximate surface area is 267 Å². The Hall–Kier alpha value is -4.04. The van der Waals surface area contributed by atoms with Crippen LogP contribution in [0.15, 0.2) is 60.7 Å². The predicted molar refractivity (Wildman–Crippen MR) is 196 cm³/mol. The van der Waals surface area contributed by atoms with Crippen LogP contribution < -0.4 is 9.80 Å². The Morgan fingerprint density at radius 3 is 0.886 bits per heavy atom. The lowest BCUT2D eigenvalue weighted by atomic mass is 9.79. The maximum Gasteiger partial charge on any atom is 0.0361 e. The van der Waals surface area contributed by atoms with E-state index in [1.807, 2.05) is 0 Å². The molecular weight excluding hydrogens is 532 g/mol. The summed E-state index contributed by atoms with van der Waals surface area (Å²) in [4.78, 5) is 4.30. The number of benzene rings is 4. The van der Waals surface area contributed by atoms with Gasteiger partial charge in [0.1, 0.15) is 0 Å². The van der Waals surface area contributed by atoms with Gasteiger partial charge in [-0.05, 0) is 183 Å². The zero-order valence-electron chi connectivity index (χ0n) is 29.7. The highest BCUT2D eigenvalue weighted by molar-refractivity contribution is 5.91. The van der Waals surface area contributed by atoms with Crippen molar-refractivity contribution >= 4 is 22.5 Å². The maximum absolute atomic E-state index is 2.40.